The van der Waals surface area contributed by atoms with E-state index in [0.29, 0.717) is 26.1 Å². The first-order valence-corrected chi connectivity index (χ1v) is 7.30. The van der Waals surface area contributed by atoms with Crippen molar-refractivity contribution in [2.24, 2.45) is 5.73 Å². The third-order valence-corrected chi connectivity index (χ3v) is 3.19. The van der Waals surface area contributed by atoms with E-state index < -0.39 is 0 Å². The van der Waals surface area contributed by atoms with E-state index in [4.69, 9.17) is 5.73 Å². The van der Waals surface area contributed by atoms with Gasteiger partial charge in [-0.15, -0.1) is 0 Å². The molecular weight excluding hydrogens is 266 g/mol. The van der Waals surface area contributed by atoms with Crippen LogP contribution in [0.1, 0.15) is 32.3 Å². The molecule has 0 spiro atoms. The minimum absolute atomic E-state index is 0.0257. The number of hydrogen-bond acceptors (Lipinski definition) is 3. The van der Waals surface area contributed by atoms with E-state index in [9.17, 15) is 9.59 Å². The molecule has 21 heavy (non-hydrogen) atoms. The molecule has 0 aliphatic heterocycles. The molecule has 0 fully saturated rings. The fourth-order valence-electron chi connectivity index (χ4n) is 1.92. The quantitative estimate of drug-likeness (QED) is 0.757. The SMILES string of the molecule is CC(=O)N(CCC(=O)NCCC(C)N)Cc1ccccc1. The van der Waals surface area contributed by atoms with Crippen LogP contribution in [0.5, 0.6) is 0 Å². The number of nitrogens with one attached hydrogen (secondary N) is 1. The Kier molecular flexibility index (Phi) is 7.46. The highest BCUT2D eigenvalue weighted by Crippen LogP contribution is 2.05. The van der Waals surface area contributed by atoms with E-state index in [0.717, 1.165) is 12.0 Å². The molecule has 0 aliphatic rings. The molecule has 0 aliphatic carbocycles. The van der Waals surface area contributed by atoms with Crippen molar-refractivity contribution in [3.63, 3.8) is 0 Å². The van der Waals surface area contributed by atoms with Crippen LogP contribution in [-0.4, -0.2) is 35.8 Å². The molecule has 116 valence electrons. The van der Waals surface area contributed by atoms with Gasteiger partial charge in [-0.1, -0.05) is 30.3 Å². The molecule has 0 bridgehead atoms. The fourth-order valence-corrected chi connectivity index (χ4v) is 1.92. The first kappa shape index (κ1) is 17.2. The van der Waals surface area contributed by atoms with E-state index in [1.54, 1.807) is 4.90 Å². The number of hydrogen-bond donors (Lipinski definition) is 2. The average molecular weight is 291 g/mol. The van der Waals surface area contributed by atoms with Crippen molar-refractivity contribution >= 4 is 11.8 Å². The van der Waals surface area contributed by atoms with Crippen LogP contribution in [-0.2, 0) is 16.1 Å². The van der Waals surface area contributed by atoms with Crippen molar-refractivity contribution < 1.29 is 9.59 Å². The maximum Gasteiger partial charge on any atom is 0.221 e. The first-order chi connectivity index (χ1) is 9.99. The zero-order chi connectivity index (χ0) is 15.7. The van der Waals surface area contributed by atoms with Gasteiger partial charge in [0.1, 0.15) is 0 Å². The van der Waals surface area contributed by atoms with Gasteiger partial charge >= 0.3 is 0 Å². The molecule has 1 aromatic carbocycles. The summed E-state index contributed by atoms with van der Waals surface area (Å²) in [4.78, 5) is 25.0. The van der Waals surface area contributed by atoms with Crippen LogP contribution in [0.4, 0.5) is 0 Å². The van der Waals surface area contributed by atoms with E-state index in [1.807, 2.05) is 37.3 Å². The molecule has 1 aromatic rings. The number of nitrogens with zero attached hydrogens (tertiary/aromatic N) is 1. The Labute approximate surface area is 126 Å². The van der Waals surface area contributed by atoms with Crippen molar-refractivity contribution in [2.45, 2.75) is 39.3 Å². The Balaban J connectivity index is 2.38. The van der Waals surface area contributed by atoms with E-state index >= 15 is 0 Å². The predicted molar refractivity (Wildman–Crippen MR) is 83.4 cm³/mol. The molecule has 0 saturated heterocycles. The standard InChI is InChI=1S/C16H25N3O2/c1-13(17)8-10-18-16(21)9-11-19(14(2)20)12-15-6-4-3-5-7-15/h3-7,13H,8-12,17H2,1-2H3,(H,18,21). The van der Waals surface area contributed by atoms with Gasteiger partial charge in [0, 0.05) is 39.0 Å². The summed E-state index contributed by atoms with van der Waals surface area (Å²) in [6, 6.07) is 9.84. The van der Waals surface area contributed by atoms with E-state index in [2.05, 4.69) is 5.32 Å². The highest BCUT2D eigenvalue weighted by Gasteiger charge is 2.11. The van der Waals surface area contributed by atoms with Gasteiger partial charge in [-0.3, -0.25) is 9.59 Å². The van der Waals surface area contributed by atoms with Crippen molar-refractivity contribution in [3.8, 4) is 0 Å². The monoisotopic (exact) mass is 291 g/mol. The summed E-state index contributed by atoms with van der Waals surface area (Å²) in [6.07, 6.45) is 1.07. The maximum atomic E-state index is 11.7. The number of rotatable bonds is 8. The fraction of sp³-hybridized carbons (Fsp3) is 0.500. The van der Waals surface area contributed by atoms with Crippen LogP contribution in [0.15, 0.2) is 30.3 Å². The summed E-state index contributed by atoms with van der Waals surface area (Å²) >= 11 is 0. The van der Waals surface area contributed by atoms with Crippen LogP contribution >= 0.6 is 0 Å². The van der Waals surface area contributed by atoms with E-state index in [1.165, 1.54) is 6.92 Å². The summed E-state index contributed by atoms with van der Waals surface area (Å²) < 4.78 is 0. The molecule has 0 heterocycles. The lowest BCUT2D eigenvalue weighted by atomic mass is 10.2. The lowest BCUT2D eigenvalue weighted by molar-refractivity contribution is -0.130. The molecule has 5 heteroatoms. The molecule has 0 aromatic heterocycles. The normalized spacial score (nSPS) is 11.8. The smallest absolute Gasteiger partial charge is 0.221 e. The predicted octanol–water partition coefficient (Wildman–Crippen LogP) is 1.28. The minimum atomic E-state index is -0.0463. The van der Waals surface area contributed by atoms with Crippen molar-refractivity contribution in [1.29, 1.82) is 0 Å². The highest BCUT2D eigenvalue weighted by molar-refractivity contribution is 5.78. The Morgan fingerprint density at radius 3 is 2.52 bits per heavy atom. The first-order valence-electron chi connectivity index (χ1n) is 7.30. The van der Waals surface area contributed by atoms with Crippen molar-refractivity contribution in [3.05, 3.63) is 35.9 Å². The summed E-state index contributed by atoms with van der Waals surface area (Å²) in [6.45, 7) is 4.97. The van der Waals surface area contributed by atoms with Gasteiger partial charge in [0.2, 0.25) is 11.8 Å². The summed E-state index contributed by atoms with van der Waals surface area (Å²) in [5, 5.41) is 2.82. The molecule has 2 amide bonds. The Morgan fingerprint density at radius 1 is 1.29 bits per heavy atom. The van der Waals surface area contributed by atoms with Crippen LogP contribution < -0.4 is 11.1 Å². The van der Waals surface area contributed by atoms with Gasteiger partial charge in [-0.2, -0.15) is 0 Å². The molecule has 5 nitrogen and oxygen atoms in total. The molecule has 1 unspecified atom stereocenters. The van der Waals surface area contributed by atoms with Crippen molar-refractivity contribution in [1.82, 2.24) is 10.2 Å². The van der Waals surface area contributed by atoms with Crippen molar-refractivity contribution in [2.75, 3.05) is 13.1 Å². The number of benzene rings is 1. The topological polar surface area (TPSA) is 75.4 Å². The van der Waals surface area contributed by atoms with Gasteiger partial charge < -0.3 is 16.0 Å². The Hall–Kier alpha value is -1.88. The molecule has 0 saturated carbocycles. The Bertz CT molecular complexity index is 446. The minimum Gasteiger partial charge on any atom is -0.356 e. The summed E-state index contributed by atoms with van der Waals surface area (Å²) in [7, 11) is 0. The second-order valence-electron chi connectivity index (χ2n) is 5.29. The van der Waals surface area contributed by atoms with Crippen LogP contribution in [0.3, 0.4) is 0 Å². The van der Waals surface area contributed by atoms with E-state index in [-0.39, 0.29) is 17.9 Å². The summed E-state index contributed by atoms with van der Waals surface area (Å²) in [5.74, 6) is -0.0720. The zero-order valence-electron chi connectivity index (χ0n) is 12.8. The third kappa shape index (κ3) is 7.46. The van der Waals surface area contributed by atoms with Gasteiger partial charge in [0.15, 0.2) is 0 Å². The highest BCUT2D eigenvalue weighted by atomic mass is 16.2. The maximum absolute atomic E-state index is 11.7. The number of amides is 2. The molecule has 0 radical (unpaired) electrons. The van der Waals surface area contributed by atoms with Gasteiger partial charge in [0.05, 0.1) is 0 Å². The molecular formula is C16H25N3O2. The lowest BCUT2D eigenvalue weighted by Gasteiger charge is -2.21. The summed E-state index contributed by atoms with van der Waals surface area (Å²) in [5.41, 5.74) is 6.68. The molecule has 1 rings (SSSR count). The Morgan fingerprint density at radius 2 is 1.95 bits per heavy atom. The molecule has 1 atom stereocenters. The number of carbonyl (C=O) groups excluding carboxylic acids is 2. The van der Waals surface area contributed by atoms with Gasteiger partial charge in [0.25, 0.3) is 0 Å². The van der Waals surface area contributed by atoms with Crippen LogP contribution in [0.2, 0.25) is 0 Å². The second-order valence-corrected chi connectivity index (χ2v) is 5.29. The van der Waals surface area contributed by atoms with Crippen LogP contribution in [0, 0.1) is 0 Å². The third-order valence-electron chi connectivity index (χ3n) is 3.19. The lowest BCUT2D eigenvalue weighted by Crippen LogP contribution is -2.34. The van der Waals surface area contributed by atoms with Crippen LogP contribution in [0.25, 0.3) is 0 Å². The largest absolute Gasteiger partial charge is 0.356 e. The number of carbonyl (C=O) groups is 2. The molecule has 3 N–H and O–H groups in total. The van der Waals surface area contributed by atoms with Gasteiger partial charge in [-0.25, -0.2) is 0 Å². The zero-order valence-corrected chi connectivity index (χ0v) is 12.8. The van der Waals surface area contributed by atoms with Gasteiger partial charge in [-0.05, 0) is 18.9 Å². The average Bonchev–Trinajstić information content (AvgIpc) is 2.43. The number of nitrogens with two attached hydrogens (primary N) is 1. The second kappa shape index (κ2) is 9.13.